The normalized spacial score (nSPS) is 12.0. The number of rotatable bonds is 5. The van der Waals surface area contributed by atoms with Crippen LogP contribution in [0.3, 0.4) is 0 Å². The zero-order chi connectivity index (χ0) is 15.4. The van der Waals surface area contributed by atoms with Gasteiger partial charge in [0.1, 0.15) is 11.5 Å². The van der Waals surface area contributed by atoms with E-state index in [0.717, 1.165) is 34.0 Å². The second-order valence-electron chi connectivity index (χ2n) is 4.80. The van der Waals surface area contributed by atoms with Gasteiger partial charge in [-0.2, -0.15) is 0 Å². The lowest BCUT2D eigenvalue weighted by Crippen LogP contribution is -2.30. The Bertz CT molecular complexity index is 607. The van der Waals surface area contributed by atoms with E-state index < -0.39 is 0 Å². The van der Waals surface area contributed by atoms with Gasteiger partial charge in [0, 0.05) is 11.4 Å². The summed E-state index contributed by atoms with van der Waals surface area (Å²) in [7, 11) is 3.26. The lowest BCUT2D eigenvalue weighted by Gasteiger charge is -2.23. The van der Waals surface area contributed by atoms with Crippen molar-refractivity contribution in [3.8, 4) is 11.5 Å². The highest BCUT2D eigenvalue weighted by atomic mass is 16.5. The Kier molecular flexibility index (Phi) is 4.77. The summed E-state index contributed by atoms with van der Waals surface area (Å²) in [6.45, 7) is 3.93. The van der Waals surface area contributed by atoms with E-state index in [1.807, 2.05) is 44.2 Å². The molecule has 5 heteroatoms. The van der Waals surface area contributed by atoms with Crippen molar-refractivity contribution in [2.24, 2.45) is 5.84 Å². The van der Waals surface area contributed by atoms with Crippen LogP contribution in [0.5, 0.6) is 11.5 Å². The molecule has 0 saturated heterocycles. The molecule has 3 N–H and O–H groups in total. The molecule has 1 aromatic carbocycles. The molecule has 2 aromatic rings. The minimum atomic E-state index is -0.260. The van der Waals surface area contributed by atoms with Gasteiger partial charge in [-0.1, -0.05) is 12.1 Å². The van der Waals surface area contributed by atoms with Crippen molar-refractivity contribution in [2.75, 3.05) is 14.2 Å². The summed E-state index contributed by atoms with van der Waals surface area (Å²) < 4.78 is 10.9. The van der Waals surface area contributed by atoms with Crippen molar-refractivity contribution in [3.05, 3.63) is 52.8 Å². The van der Waals surface area contributed by atoms with Crippen LogP contribution >= 0.6 is 0 Å². The standard InChI is InChI=1S/C16H21N3O2/c1-10-8-9-12(11(2)18-10)16(19-17)15-13(20-3)6-5-7-14(15)21-4/h5-9,16,19H,17H2,1-4H3. The average molecular weight is 287 g/mol. The number of hydrogen-bond donors (Lipinski definition) is 2. The number of aryl methyl sites for hydroxylation is 2. The number of nitrogens with zero attached hydrogens (tertiary/aromatic N) is 1. The molecule has 0 saturated carbocycles. The Labute approximate surface area is 125 Å². The second-order valence-corrected chi connectivity index (χ2v) is 4.80. The largest absolute Gasteiger partial charge is 0.496 e. The fourth-order valence-electron chi connectivity index (χ4n) is 2.50. The Morgan fingerprint density at radius 1 is 1.05 bits per heavy atom. The van der Waals surface area contributed by atoms with Crippen molar-refractivity contribution >= 4 is 0 Å². The summed E-state index contributed by atoms with van der Waals surface area (Å²) in [5, 5.41) is 0. The molecule has 1 unspecified atom stereocenters. The summed E-state index contributed by atoms with van der Waals surface area (Å²) in [6, 6.07) is 9.39. The van der Waals surface area contributed by atoms with Gasteiger partial charge in [0.2, 0.25) is 0 Å². The first-order valence-electron chi connectivity index (χ1n) is 6.73. The number of hydrogen-bond acceptors (Lipinski definition) is 5. The Morgan fingerprint density at radius 2 is 1.67 bits per heavy atom. The van der Waals surface area contributed by atoms with Crippen LogP contribution in [0.4, 0.5) is 0 Å². The van der Waals surface area contributed by atoms with E-state index in [-0.39, 0.29) is 6.04 Å². The molecule has 0 aliphatic carbocycles. The fraction of sp³-hybridized carbons (Fsp3) is 0.312. The van der Waals surface area contributed by atoms with Crippen LogP contribution in [0.1, 0.15) is 28.6 Å². The molecule has 1 heterocycles. The number of aromatic nitrogens is 1. The van der Waals surface area contributed by atoms with E-state index in [0.29, 0.717) is 0 Å². The van der Waals surface area contributed by atoms with Crippen molar-refractivity contribution < 1.29 is 9.47 Å². The molecule has 0 aliphatic rings. The summed E-state index contributed by atoms with van der Waals surface area (Å²) in [5.74, 6) is 7.24. The van der Waals surface area contributed by atoms with Gasteiger partial charge in [-0.05, 0) is 37.6 Å². The quantitative estimate of drug-likeness (QED) is 0.652. The highest BCUT2D eigenvalue weighted by Crippen LogP contribution is 2.37. The van der Waals surface area contributed by atoms with E-state index in [9.17, 15) is 0 Å². The molecule has 2 rings (SSSR count). The molecule has 0 bridgehead atoms. The highest BCUT2D eigenvalue weighted by molar-refractivity contribution is 5.51. The fourth-order valence-corrected chi connectivity index (χ4v) is 2.50. The lowest BCUT2D eigenvalue weighted by atomic mass is 9.96. The third-order valence-corrected chi connectivity index (χ3v) is 3.50. The van der Waals surface area contributed by atoms with E-state index >= 15 is 0 Å². The van der Waals surface area contributed by atoms with Crippen molar-refractivity contribution in [1.29, 1.82) is 0 Å². The van der Waals surface area contributed by atoms with E-state index in [1.165, 1.54) is 0 Å². The van der Waals surface area contributed by atoms with E-state index in [4.69, 9.17) is 15.3 Å². The number of benzene rings is 1. The zero-order valence-electron chi connectivity index (χ0n) is 12.8. The molecule has 0 aliphatic heterocycles. The third-order valence-electron chi connectivity index (χ3n) is 3.50. The molecule has 5 nitrogen and oxygen atoms in total. The first-order valence-corrected chi connectivity index (χ1v) is 6.73. The summed E-state index contributed by atoms with van der Waals surface area (Å²) in [6.07, 6.45) is 0. The molecule has 0 radical (unpaired) electrons. The van der Waals surface area contributed by atoms with Gasteiger partial charge in [0.25, 0.3) is 0 Å². The summed E-state index contributed by atoms with van der Waals surface area (Å²) in [4.78, 5) is 4.50. The van der Waals surface area contributed by atoms with Gasteiger partial charge in [-0.25, -0.2) is 5.43 Å². The van der Waals surface area contributed by atoms with Crippen LogP contribution in [-0.4, -0.2) is 19.2 Å². The molecule has 0 amide bonds. The number of hydrazine groups is 1. The van der Waals surface area contributed by atoms with Gasteiger partial charge >= 0.3 is 0 Å². The first-order chi connectivity index (χ1) is 10.1. The topological polar surface area (TPSA) is 69.4 Å². The van der Waals surface area contributed by atoms with Crippen LogP contribution in [0.25, 0.3) is 0 Å². The van der Waals surface area contributed by atoms with Gasteiger partial charge in [-0.15, -0.1) is 0 Å². The Balaban J connectivity index is 2.61. The molecule has 21 heavy (non-hydrogen) atoms. The molecular weight excluding hydrogens is 266 g/mol. The van der Waals surface area contributed by atoms with Crippen molar-refractivity contribution in [2.45, 2.75) is 19.9 Å². The number of methoxy groups -OCH3 is 2. The molecule has 1 aromatic heterocycles. The maximum absolute atomic E-state index is 5.80. The first kappa shape index (κ1) is 15.3. The minimum absolute atomic E-state index is 0.260. The van der Waals surface area contributed by atoms with Gasteiger partial charge in [0.15, 0.2) is 0 Å². The second kappa shape index (κ2) is 6.56. The van der Waals surface area contributed by atoms with Crippen LogP contribution < -0.4 is 20.7 Å². The van der Waals surface area contributed by atoms with Crippen molar-refractivity contribution in [1.82, 2.24) is 10.4 Å². The zero-order valence-corrected chi connectivity index (χ0v) is 12.8. The number of nitrogens with one attached hydrogen (secondary N) is 1. The number of ether oxygens (including phenoxy) is 2. The molecular formula is C16H21N3O2. The SMILES string of the molecule is COc1cccc(OC)c1C(NN)c1ccc(C)nc1C. The molecule has 0 spiro atoms. The molecule has 1 atom stereocenters. The van der Waals surface area contributed by atoms with Gasteiger partial charge in [-0.3, -0.25) is 10.8 Å². The average Bonchev–Trinajstić information content (AvgIpc) is 2.49. The number of pyridine rings is 1. The Hall–Kier alpha value is -2.11. The lowest BCUT2D eigenvalue weighted by molar-refractivity contribution is 0.377. The minimum Gasteiger partial charge on any atom is -0.496 e. The monoisotopic (exact) mass is 287 g/mol. The van der Waals surface area contributed by atoms with Gasteiger partial charge in [0.05, 0.1) is 25.8 Å². The van der Waals surface area contributed by atoms with E-state index in [1.54, 1.807) is 14.2 Å². The van der Waals surface area contributed by atoms with Crippen LogP contribution in [-0.2, 0) is 0 Å². The highest BCUT2D eigenvalue weighted by Gasteiger charge is 2.23. The third kappa shape index (κ3) is 2.99. The molecule has 112 valence electrons. The Morgan fingerprint density at radius 3 is 2.14 bits per heavy atom. The summed E-state index contributed by atoms with van der Waals surface area (Å²) >= 11 is 0. The van der Waals surface area contributed by atoms with E-state index in [2.05, 4.69) is 10.4 Å². The van der Waals surface area contributed by atoms with Gasteiger partial charge < -0.3 is 9.47 Å². The summed E-state index contributed by atoms with van der Waals surface area (Å²) in [5.41, 5.74) is 6.59. The predicted octanol–water partition coefficient (Wildman–Crippen LogP) is 2.27. The maximum atomic E-state index is 5.80. The molecule has 0 fully saturated rings. The predicted molar refractivity (Wildman–Crippen MR) is 82.4 cm³/mol. The maximum Gasteiger partial charge on any atom is 0.127 e. The van der Waals surface area contributed by atoms with Crippen molar-refractivity contribution in [3.63, 3.8) is 0 Å². The van der Waals surface area contributed by atoms with Crippen LogP contribution in [0.15, 0.2) is 30.3 Å². The van der Waals surface area contributed by atoms with Crippen LogP contribution in [0.2, 0.25) is 0 Å². The smallest absolute Gasteiger partial charge is 0.127 e. The number of nitrogens with two attached hydrogens (primary N) is 1. The van der Waals surface area contributed by atoms with Crippen LogP contribution in [0, 0.1) is 13.8 Å².